The molecular weight excluding hydrogens is 224 g/mol. The van der Waals surface area contributed by atoms with Gasteiger partial charge in [-0.25, -0.2) is 8.78 Å². The normalized spacial score (nSPS) is 29.9. The molecule has 0 radical (unpaired) electrons. The third-order valence-corrected chi connectivity index (χ3v) is 3.83. The smallest absolute Gasteiger partial charge is 0.227 e. The lowest BCUT2D eigenvalue weighted by atomic mass is 10.0. The molecule has 17 heavy (non-hydrogen) atoms. The number of para-hydroxylation sites is 1. The SMILES string of the molecule is O=C(Nc1c(F)cccc1F)C1CC2CC2C1. The topological polar surface area (TPSA) is 29.1 Å². The molecule has 0 aromatic heterocycles. The fourth-order valence-electron chi connectivity index (χ4n) is 2.77. The van der Waals surface area contributed by atoms with Gasteiger partial charge in [0.15, 0.2) is 0 Å². The van der Waals surface area contributed by atoms with Gasteiger partial charge in [0.1, 0.15) is 17.3 Å². The molecule has 90 valence electrons. The van der Waals surface area contributed by atoms with Crippen LogP contribution in [0.5, 0.6) is 0 Å². The maximum atomic E-state index is 13.3. The van der Waals surface area contributed by atoms with Gasteiger partial charge in [-0.15, -0.1) is 0 Å². The molecule has 0 bridgehead atoms. The van der Waals surface area contributed by atoms with Crippen molar-refractivity contribution in [3.8, 4) is 0 Å². The quantitative estimate of drug-likeness (QED) is 0.841. The minimum Gasteiger partial charge on any atom is -0.321 e. The van der Waals surface area contributed by atoms with Crippen molar-refractivity contribution in [1.82, 2.24) is 0 Å². The summed E-state index contributed by atoms with van der Waals surface area (Å²) in [4.78, 5) is 11.8. The largest absolute Gasteiger partial charge is 0.321 e. The molecule has 2 aliphatic rings. The van der Waals surface area contributed by atoms with E-state index in [0.717, 1.165) is 25.0 Å². The standard InChI is InChI=1S/C13H13F2NO/c14-10-2-1-3-11(15)12(10)16-13(17)9-5-7-4-8(7)6-9/h1-3,7-9H,4-6H2,(H,16,17). The average Bonchev–Trinajstić information content (AvgIpc) is 2.91. The number of amides is 1. The summed E-state index contributed by atoms with van der Waals surface area (Å²) in [7, 11) is 0. The predicted octanol–water partition coefficient (Wildman–Crippen LogP) is 2.95. The first kappa shape index (κ1) is 10.7. The summed E-state index contributed by atoms with van der Waals surface area (Å²) < 4.78 is 26.7. The third-order valence-electron chi connectivity index (χ3n) is 3.83. The zero-order valence-electron chi connectivity index (χ0n) is 9.25. The molecule has 2 aliphatic carbocycles. The number of benzene rings is 1. The fraction of sp³-hybridized carbons (Fsp3) is 0.462. The van der Waals surface area contributed by atoms with E-state index in [-0.39, 0.29) is 17.5 Å². The summed E-state index contributed by atoms with van der Waals surface area (Å²) in [5.41, 5.74) is -0.321. The Morgan fingerprint density at radius 3 is 2.29 bits per heavy atom. The molecule has 1 N–H and O–H groups in total. The number of anilines is 1. The number of hydrogen-bond acceptors (Lipinski definition) is 1. The number of rotatable bonds is 2. The summed E-state index contributed by atoms with van der Waals surface area (Å²) in [6.07, 6.45) is 2.96. The van der Waals surface area contributed by atoms with Crippen molar-refractivity contribution in [2.75, 3.05) is 5.32 Å². The van der Waals surface area contributed by atoms with Crippen LogP contribution in [0, 0.1) is 29.4 Å². The van der Waals surface area contributed by atoms with Crippen LogP contribution in [-0.4, -0.2) is 5.91 Å². The predicted molar refractivity (Wildman–Crippen MR) is 59.3 cm³/mol. The summed E-state index contributed by atoms with van der Waals surface area (Å²) in [5, 5.41) is 2.37. The van der Waals surface area contributed by atoms with E-state index in [0.29, 0.717) is 11.8 Å². The van der Waals surface area contributed by atoms with E-state index in [2.05, 4.69) is 5.32 Å². The van der Waals surface area contributed by atoms with Gasteiger partial charge in [-0.05, 0) is 43.2 Å². The van der Waals surface area contributed by atoms with Crippen LogP contribution in [0.3, 0.4) is 0 Å². The van der Waals surface area contributed by atoms with E-state index in [4.69, 9.17) is 0 Å². The van der Waals surface area contributed by atoms with E-state index in [1.54, 1.807) is 0 Å². The maximum absolute atomic E-state index is 13.3. The van der Waals surface area contributed by atoms with Crippen LogP contribution in [0.15, 0.2) is 18.2 Å². The van der Waals surface area contributed by atoms with Crippen molar-refractivity contribution >= 4 is 11.6 Å². The van der Waals surface area contributed by atoms with Gasteiger partial charge in [0.2, 0.25) is 5.91 Å². The lowest BCUT2D eigenvalue weighted by Crippen LogP contribution is -2.22. The minimum absolute atomic E-state index is 0.0715. The van der Waals surface area contributed by atoms with Gasteiger partial charge in [0, 0.05) is 5.92 Å². The average molecular weight is 237 g/mol. The van der Waals surface area contributed by atoms with Gasteiger partial charge in [0.25, 0.3) is 0 Å². The molecular formula is C13H13F2NO. The fourth-order valence-corrected chi connectivity index (χ4v) is 2.77. The second-order valence-corrected chi connectivity index (χ2v) is 5.01. The van der Waals surface area contributed by atoms with Gasteiger partial charge in [-0.2, -0.15) is 0 Å². The first-order valence-corrected chi connectivity index (χ1v) is 5.90. The Morgan fingerprint density at radius 1 is 1.12 bits per heavy atom. The van der Waals surface area contributed by atoms with Gasteiger partial charge >= 0.3 is 0 Å². The molecule has 2 atom stereocenters. The van der Waals surface area contributed by atoms with Crippen molar-refractivity contribution < 1.29 is 13.6 Å². The molecule has 2 saturated carbocycles. The molecule has 0 heterocycles. The van der Waals surface area contributed by atoms with E-state index < -0.39 is 11.6 Å². The lowest BCUT2D eigenvalue weighted by molar-refractivity contribution is -0.120. The van der Waals surface area contributed by atoms with Crippen LogP contribution in [0.2, 0.25) is 0 Å². The van der Waals surface area contributed by atoms with Crippen molar-refractivity contribution in [3.05, 3.63) is 29.8 Å². The number of carbonyl (C=O) groups is 1. The number of fused-ring (bicyclic) bond motifs is 1. The summed E-state index contributed by atoms with van der Waals surface area (Å²) >= 11 is 0. The summed E-state index contributed by atoms with van der Waals surface area (Å²) in [6.45, 7) is 0. The number of carbonyl (C=O) groups excluding carboxylic acids is 1. The highest BCUT2D eigenvalue weighted by molar-refractivity contribution is 5.93. The summed E-state index contributed by atoms with van der Waals surface area (Å²) in [5.74, 6) is -0.408. The number of nitrogens with one attached hydrogen (secondary N) is 1. The minimum atomic E-state index is -0.721. The van der Waals surface area contributed by atoms with Gasteiger partial charge in [-0.3, -0.25) is 4.79 Å². The Bertz CT molecular complexity index is 444. The third kappa shape index (κ3) is 1.92. The molecule has 2 fully saturated rings. The second kappa shape index (κ2) is 3.79. The molecule has 0 aliphatic heterocycles. The monoisotopic (exact) mass is 237 g/mol. The van der Waals surface area contributed by atoms with Crippen LogP contribution in [0.1, 0.15) is 19.3 Å². The first-order chi connectivity index (χ1) is 8.15. The van der Waals surface area contributed by atoms with Crippen LogP contribution >= 0.6 is 0 Å². The van der Waals surface area contributed by atoms with E-state index in [1.807, 2.05) is 0 Å². The van der Waals surface area contributed by atoms with Crippen molar-refractivity contribution in [1.29, 1.82) is 0 Å². The Kier molecular flexibility index (Phi) is 2.38. The van der Waals surface area contributed by atoms with Crippen LogP contribution in [-0.2, 0) is 4.79 Å². The highest BCUT2D eigenvalue weighted by Crippen LogP contribution is 2.54. The van der Waals surface area contributed by atoms with E-state index >= 15 is 0 Å². The highest BCUT2D eigenvalue weighted by atomic mass is 19.1. The van der Waals surface area contributed by atoms with E-state index in [1.165, 1.54) is 12.5 Å². The molecule has 4 heteroatoms. The van der Waals surface area contributed by atoms with Crippen LogP contribution < -0.4 is 5.32 Å². The van der Waals surface area contributed by atoms with Crippen LogP contribution in [0.4, 0.5) is 14.5 Å². The number of hydrogen-bond donors (Lipinski definition) is 1. The Hall–Kier alpha value is -1.45. The van der Waals surface area contributed by atoms with Crippen LogP contribution in [0.25, 0.3) is 0 Å². The van der Waals surface area contributed by atoms with Gasteiger partial charge in [-0.1, -0.05) is 6.07 Å². The first-order valence-electron chi connectivity index (χ1n) is 5.90. The molecule has 2 nitrogen and oxygen atoms in total. The molecule has 1 amide bonds. The Balaban J connectivity index is 1.72. The molecule has 1 aromatic carbocycles. The zero-order chi connectivity index (χ0) is 12.0. The lowest BCUT2D eigenvalue weighted by Gasteiger charge is -2.13. The summed E-state index contributed by atoms with van der Waals surface area (Å²) in [6, 6.07) is 3.57. The maximum Gasteiger partial charge on any atom is 0.227 e. The van der Waals surface area contributed by atoms with Crippen molar-refractivity contribution in [2.24, 2.45) is 17.8 Å². The van der Waals surface area contributed by atoms with E-state index in [9.17, 15) is 13.6 Å². The molecule has 2 unspecified atom stereocenters. The zero-order valence-corrected chi connectivity index (χ0v) is 9.25. The Labute approximate surface area is 98.0 Å². The Morgan fingerprint density at radius 2 is 1.71 bits per heavy atom. The highest BCUT2D eigenvalue weighted by Gasteiger charge is 2.48. The van der Waals surface area contributed by atoms with Crippen molar-refractivity contribution in [2.45, 2.75) is 19.3 Å². The van der Waals surface area contributed by atoms with Crippen molar-refractivity contribution in [3.63, 3.8) is 0 Å². The molecule has 1 aromatic rings. The number of halogens is 2. The van der Waals surface area contributed by atoms with Gasteiger partial charge < -0.3 is 5.32 Å². The second-order valence-electron chi connectivity index (χ2n) is 5.01. The molecule has 3 rings (SSSR count). The van der Waals surface area contributed by atoms with Gasteiger partial charge in [0.05, 0.1) is 0 Å². The molecule has 0 spiro atoms. The molecule has 0 saturated heterocycles.